The Morgan fingerprint density at radius 3 is 2.64 bits per heavy atom. The summed E-state index contributed by atoms with van der Waals surface area (Å²) in [4.78, 5) is 27.2. The fraction of sp³-hybridized carbons (Fsp3) is 0.600. The molecule has 1 N–H and O–H groups in total. The van der Waals surface area contributed by atoms with Crippen molar-refractivity contribution in [2.45, 2.75) is 59.0 Å². The van der Waals surface area contributed by atoms with Gasteiger partial charge < -0.3 is 10.1 Å². The number of imide groups is 1. The van der Waals surface area contributed by atoms with Gasteiger partial charge >= 0.3 is 6.03 Å². The van der Waals surface area contributed by atoms with Crippen LogP contribution in [-0.4, -0.2) is 29.0 Å². The highest BCUT2D eigenvalue weighted by Crippen LogP contribution is 2.46. The number of amides is 3. The molecule has 3 amide bonds. The molecule has 1 aromatic rings. The molecule has 0 aromatic heterocycles. The van der Waals surface area contributed by atoms with E-state index in [0.29, 0.717) is 25.4 Å². The Kier molecular flexibility index (Phi) is 4.52. The summed E-state index contributed by atoms with van der Waals surface area (Å²) in [7, 11) is 0. The van der Waals surface area contributed by atoms with Gasteiger partial charge in [-0.15, -0.1) is 0 Å². The number of benzene rings is 1. The monoisotopic (exact) mass is 344 g/mol. The zero-order valence-corrected chi connectivity index (χ0v) is 15.6. The third kappa shape index (κ3) is 3.37. The molecule has 5 heteroatoms. The van der Waals surface area contributed by atoms with E-state index >= 15 is 0 Å². The number of hydrogen-bond donors (Lipinski definition) is 1. The molecular weight excluding hydrogens is 316 g/mol. The fourth-order valence-electron chi connectivity index (χ4n) is 4.75. The SMILES string of the molecule is CCOc1ccccc1CN1C(=O)N[C@]2(C[C@@H](C)CC(C)(C)C2)C1=O. The van der Waals surface area contributed by atoms with Crippen molar-refractivity contribution in [1.29, 1.82) is 0 Å². The number of hydrogen-bond acceptors (Lipinski definition) is 3. The molecule has 5 nitrogen and oxygen atoms in total. The molecule has 1 saturated heterocycles. The lowest BCUT2D eigenvalue weighted by Crippen LogP contribution is -2.54. The largest absolute Gasteiger partial charge is 0.494 e. The van der Waals surface area contributed by atoms with Gasteiger partial charge in [-0.05, 0) is 43.6 Å². The van der Waals surface area contributed by atoms with Crippen LogP contribution < -0.4 is 10.1 Å². The Balaban J connectivity index is 1.85. The predicted octanol–water partition coefficient (Wildman–Crippen LogP) is 3.72. The van der Waals surface area contributed by atoms with Gasteiger partial charge in [-0.3, -0.25) is 9.69 Å². The quantitative estimate of drug-likeness (QED) is 0.847. The molecule has 2 atom stereocenters. The molecule has 2 fully saturated rings. The van der Waals surface area contributed by atoms with Crippen molar-refractivity contribution >= 4 is 11.9 Å². The summed E-state index contributed by atoms with van der Waals surface area (Å²) in [6.07, 6.45) is 2.48. The highest BCUT2D eigenvalue weighted by atomic mass is 16.5. The molecule has 136 valence electrons. The maximum Gasteiger partial charge on any atom is 0.325 e. The van der Waals surface area contributed by atoms with Crippen LogP contribution in [0.25, 0.3) is 0 Å². The minimum absolute atomic E-state index is 0.0415. The van der Waals surface area contributed by atoms with Crippen LogP contribution in [-0.2, 0) is 11.3 Å². The van der Waals surface area contributed by atoms with Gasteiger partial charge in [0.1, 0.15) is 11.3 Å². The summed E-state index contributed by atoms with van der Waals surface area (Å²) in [6, 6.07) is 7.29. The molecule has 1 aliphatic carbocycles. The van der Waals surface area contributed by atoms with E-state index in [4.69, 9.17) is 4.74 Å². The van der Waals surface area contributed by atoms with Gasteiger partial charge in [-0.2, -0.15) is 0 Å². The fourth-order valence-corrected chi connectivity index (χ4v) is 4.75. The molecule has 2 aliphatic rings. The van der Waals surface area contributed by atoms with Crippen LogP contribution in [0.1, 0.15) is 52.5 Å². The first-order chi connectivity index (χ1) is 11.8. The Hall–Kier alpha value is -2.04. The second kappa shape index (κ2) is 6.36. The second-order valence-corrected chi connectivity index (χ2v) is 8.30. The highest BCUT2D eigenvalue weighted by molar-refractivity contribution is 6.07. The summed E-state index contributed by atoms with van der Waals surface area (Å²) in [5, 5.41) is 3.02. The number of urea groups is 1. The molecule has 1 aliphatic heterocycles. The average Bonchev–Trinajstić information content (AvgIpc) is 2.71. The van der Waals surface area contributed by atoms with Crippen molar-refractivity contribution in [3.8, 4) is 5.75 Å². The standard InChI is InChI=1S/C20H28N2O3/c1-5-25-16-9-7-6-8-15(16)12-22-17(23)20(21-18(22)24)11-14(2)10-19(3,4)13-20/h6-9,14H,5,10-13H2,1-4H3,(H,21,24)/t14-,20-/m0/s1. The van der Waals surface area contributed by atoms with E-state index in [0.717, 1.165) is 17.7 Å². The second-order valence-electron chi connectivity index (χ2n) is 8.30. The van der Waals surface area contributed by atoms with Crippen molar-refractivity contribution < 1.29 is 14.3 Å². The highest BCUT2D eigenvalue weighted by Gasteiger charge is 2.56. The van der Waals surface area contributed by atoms with E-state index in [1.54, 1.807) is 0 Å². The lowest BCUT2D eigenvalue weighted by atomic mass is 9.64. The van der Waals surface area contributed by atoms with E-state index in [9.17, 15) is 9.59 Å². The van der Waals surface area contributed by atoms with Crippen molar-refractivity contribution in [2.75, 3.05) is 6.61 Å². The van der Waals surface area contributed by atoms with E-state index in [-0.39, 0.29) is 23.9 Å². The third-order valence-electron chi connectivity index (χ3n) is 5.23. The predicted molar refractivity (Wildman–Crippen MR) is 96.2 cm³/mol. The van der Waals surface area contributed by atoms with Gasteiger partial charge in [0.25, 0.3) is 5.91 Å². The maximum atomic E-state index is 13.2. The molecule has 0 radical (unpaired) electrons. The number of rotatable bonds is 4. The molecule has 1 spiro atoms. The minimum Gasteiger partial charge on any atom is -0.494 e. The zero-order chi connectivity index (χ0) is 18.2. The molecule has 25 heavy (non-hydrogen) atoms. The summed E-state index contributed by atoms with van der Waals surface area (Å²) in [5.74, 6) is 1.04. The Morgan fingerprint density at radius 1 is 1.24 bits per heavy atom. The first-order valence-corrected chi connectivity index (χ1v) is 9.11. The lowest BCUT2D eigenvalue weighted by Gasteiger charge is -2.43. The van der Waals surface area contributed by atoms with Crippen LogP contribution in [0.5, 0.6) is 5.75 Å². The average molecular weight is 344 g/mol. The van der Waals surface area contributed by atoms with Crippen LogP contribution in [0.2, 0.25) is 0 Å². The van der Waals surface area contributed by atoms with Crippen molar-refractivity contribution in [3.63, 3.8) is 0 Å². The molecule has 0 bridgehead atoms. The summed E-state index contributed by atoms with van der Waals surface area (Å²) >= 11 is 0. The number of carbonyl (C=O) groups is 2. The van der Waals surface area contributed by atoms with Crippen LogP contribution in [0.15, 0.2) is 24.3 Å². The van der Waals surface area contributed by atoms with E-state index < -0.39 is 5.54 Å². The Bertz CT molecular complexity index is 685. The Morgan fingerprint density at radius 2 is 1.96 bits per heavy atom. The number of nitrogens with one attached hydrogen (secondary N) is 1. The van der Waals surface area contributed by atoms with E-state index in [2.05, 4.69) is 26.1 Å². The van der Waals surface area contributed by atoms with Crippen LogP contribution in [0.4, 0.5) is 4.79 Å². The maximum absolute atomic E-state index is 13.2. The first kappa shape index (κ1) is 17.8. The summed E-state index contributed by atoms with van der Waals surface area (Å²) < 4.78 is 5.64. The van der Waals surface area contributed by atoms with Gasteiger partial charge in [0, 0.05) is 5.56 Å². The van der Waals surface area contributed by atoms with Gasteiger partial charge in [0.05, 0.1) is 13.2 Å². The molecule has 0 unspecified atom stereocenters. The molecule has 1 saturated carbocycles. The summed E-state index contributed by atoms with van der Waals surface area (Å²) in [5.41, 5.74) is 0.145. The number of nitrogens with zero attached hydrogens (tertiary/aromatic N) is 1. The van der Waals surface area contributed by atoms with Crippen molar-refractivity contribution in [3.05, 3.63) is 29.8 Å². The van der Waals surface area contributed by atoms with Gasteiger partial charge in [0.15, 0.2) is 0 Å². The van der Waals surface area contributed by atoms with Crippen LogP contribution >= 0.6 is 0 Å². The number of para-hydroxylation sites is 1. The Labute approximate surface area is 149 Å². The van der Waals surface area contributed by atoms with Crippen molar-refractivity contribution in [2.24, 2.45) is 11.3 Å². The van der Waals surface area contributed by atoms with E-state index in [1.165, 1.54) is 4.90 Å². The number of ether oxygens (including phenoxy) is 1. The topological polar surface area (TPSA) is 58.6 Å². The van der Waals surface area contributed by atoms with E-state index in [1.807, 2.05) is 31.2 Å². The smallest absolute Gasteiger partial charge is 0.325 e. The molecular formula is C20H28N2O3. The number of carbonyl (C=O) groups excluding carboxylic acids is 2. The zero-order valence-electron chi connectivity index (χ0n) is 15.6. The van der Waals surface area contributed by atoms with Gasteiger partial charge in [0.2, 0.25) is 0 Å². The molecule has 1 heterocycles. The molecule has 3 rings (SSSR count). The molecule has 1 aromatic carbocycles. The van der Waals surface area contributed by atoms with Crippen LogP contribution in [0.3, 0.4) is 0 Å². The van der Waals surface area contributed by atoms with Gasteiger partial charge in [-0.1, -0.05) is 39.0 Å². The third-order valence-corrected chi connectivity index (χ3v) is 5.23. The first-order valence-electron chi connectivity index (χ1n) is 9.11. The van der Waals surface area contributed by atoms with Gasteiger partial charge in [-0.25, -0.2) is 4.79 Å². The minimum atomic E-state index is -0.751. The van der Waals surface area contributed by atoms with Crippen LogP contribution in [0, 0.1) is 11.3 Å². The lowest BCUT2D eigenvalue weighted by molar-refractivity contribution is -0.135. The van der Waals surface area contributed by atoms with Crippen molar-refractivity contribution in [1.82, 2.24) is 10.2 Å². The normalized spacial score (nSPS) is 28.3. The summed E-state index contributed by atoms with van der Waals surface area (Å²) in [6.45, 7) is 9.23.